The van der Waals surface area contributed by atoms with Crippen molar-refractivity contribution in [3.05, 3.63) is 46.2 Å². The van der Waals surface area contributed by atoms with Gasteiger partial charge in [-0.1, -0.05) is 12.1 Å². The van der Waals surface area contributed by atoms with E-state index in [0.717, 1.165) is 10.6 Å². The molecule has 2 aromatic rings. The molecule has 0 aliphatic carbocycles. The van der Waals surface area contributed by atoms with Crippen LogP contribution in [0.3, 0.4) is 0 Å². The quantitative estimate of drug-likeness (QED) is 0.844. The second-order valence-electron chi connectivity index (χ2n) is 3.96. The van der Waals surface area contributed by atoms with Crippen molar-refractivity contribution in [3.63, 3.8) is 0 Å². The van der Waals surface area contributed by atoms with Gasteiger partial charge in [0.25, 0.3) is 0 Å². The molecule has 0 fully saturated rings. The highest BCUT2D eigenvalue weighted by Crippen LogP contribution is 2.41. The zero-order valence-electron chi connectivity index (χ0n) is 10.6. The molecule has 0 bridgehead atoms. The van der Waals surface area contributed by atoms with Gasteiger partial charge >= 0.3 is 0 Å². The fourth-order valence-electron chi connectivity index (χ4n) is 1.79. The summed E-state index contributed by atoms with van der Waals surface area (Å²) in [4.78, 5) is 2.50. The number of ether oxygens (including phenoxy) is 1. The van der Waals surface area contributed by atoms with Gasteiger partial charge < -0.3 is 10.5 Å². The number of thioether (sulfide) groups is 1. The summed E-state index contributed by atoms with van der Waals surface area (Å²) in [6.07, 6.45) is 0. The lowest BCUT2D eigenvalue weighted by atomic mass is 10.2. The molecule has 4 heteroatoms. The molecular weight excluding hydrogens is 262 g/mol. The van der Waals surface area contributed by atoms with Crippen LogP contribution in [0.15, 0.2) is 40.6 Å². The minimum Gasteiger partial charge on any atom is -0.496 e. The summed E-state index contributed by atoms with van der Waals surface area (Å²) in [5.41, 5.74) is 7.23. The first-order chi connectivity index (χ1) is 8.76. The lowest BCUT2D eigenvalue weighted by Crippen LogP contribution is -2.09. The molecule has 0 aliphatic rings. The molecule has 1 aromatic heterocycles. The van der Waals surface area contributed by atoms with E-state index in [9.17, 15) is 0 Å². The summed E-state index contributed by atoms with van der Waals surface area (Å²) < 4.78 is 5.38. The molecule has 96 valence electrons. The van der Waals surface area contributed by atoms with E-state index in [2.05, 4.69) is 24.4 Å². The Bertz CT molecular complexity index is 510. The van der Waals surface area contributed by atoms with Crippen LogP contribution in [0.4, 0.5) is 0 Å². The van der Waals surface area contributed by atoms with Gasteiger partial charge in [0, 0.05) is 11.4 Å². The van der Waals surface area contributed by atoms with Crippen molar-refractivity contribution in [2.45, 2.75) is 17.1 Å². The van der Waals surface area contributed by atoms with E-state index in [1.807, 2.05) is 18.2 Å². The molecule has 2 nitrogen and oxygen atoms in total. The molecular formula is C14H17NOS2. The van der Waals surface area contributed by atoms with E-state index in [1.54, 1.807) is 30.2 Å². The molecule has 0 amide bonds. The van der Waals surface area contributed by atoms with Crippen LogP contribution in [0.25, 0.3) is 0 Å². The number of rotatable bonds is 5. The summed E-state index contributed by atoms with van der Waals surface area (Å²) in [5, 5.41) is 2.41. The maximum Gasteiger partial charge on any atom is 0.132 e. The van der Waals surface area contributed by atoms with Gasteiger partial charge in [0.05, 0.1) is 17.3 Å². The van der Waals surface area contributed by atoms with Crippen LogP contribution in [-0.4, -0.2) is 13.7 Å². The number of aryl methyl sites for hydroxylation is 1. The molecule has 0 aliphatic heterocycles. The van der Waals surface area contributed by atoms with Crippen molar-refractivity contribution in [1.29, 1.82) is 0 Å². The van der Waals surface area contributed by atoms with E-state index in [-0.39, 0.29) is 0 Å². The minimum absolute atomic E-state index is 0.293. The highest BCUT2D eigenvalue weighted by Gasteiger charge is 2.16. The Morgan fingerprint density at radius 1 is 1.33 bits per heavy atom. The molecule has 2 N–H and O–H groups in total. The molecule has 0 spiro atoms. The molecule has 1 aromatic carbocycles. The van der Waals surface area contributed by atoms with Gasteiger partial charge in [-0.05, 0) is 36.1 Å². The summed E-state index contributed by atoms with van der Waals surface area (Å²) >= 11 is 3.55. The van der Waals surface area contributed by atoms with Crippen molar-refractivity contribution in [1.82, 2.24) is 0 Å². The van der Waals surface area contributed by atoms with E-state index < -0.39 is 0 Å². The Labute approximate surface area is 116 Å². The number of nitrogens with two attached hydrogens (primary N) is 1. The van der Waals surface area contributed by atoms with Crippen molar-refractivity contribution in [3.8, 4) is 5.75 Å². The van der Waals surface area contributed by atoms with Crippen molar-refractivity contribution in [2.75, 3.05) is 13.7 Å². The number of hydrogen-bond acceptors (Lipinski definition) is 4. The van der Waals surface area contributed by atoms with E-state index in [0.29, 0.717) is 11.8 Å². The van der Waals surface area contributed by atoms with Gasteiger partial charge in [0.15, 0.2) is 0 Å². The van der Waals surface area contributed by atoms with Crippen LogP contribution in [0.5, 0.6) is 5.75 Å². The van der Waals surface area contributed by atoms with Crippen molar-refractivity contribution >= 4 is 23.1 Å². The standard InChI is InChI=1S/C14H17NOS2/c1-10-7-8-17-14(10)13(9-15)18-12-6-4-3-5-11(12)16-2/h3-8,13H,9,15H2,1-2H3. The van der Waals surface area contributed by atoms with E-state index in [1.165, 1.54) is 10.4 Å². The SMILES string of the molecule is COc1ccccc1SC(CN)c1sccc1C. The second kappa shape index (κ2) is 6.27. The zero-order chi connectivity index (χ0) is 13.0. The Kier molecular flexibility index (Phi) is 4.69. The van der Waals surface area contributed by atoms with Crippen LogP contribution in [0.2, 0.25) is 0 Å². The highest BCUT2D eigenvalue weighted by molar-refractivity contribution is 7.99. The predicted molar refractivity (Wildman–Crippen MR) is 79.7 cm³/mol. The lowest BCUT2D eigenvalue weighted by Gasteiger charge is -2.16. The number of thiophene rings is 1. The average molecular weight is 279 g/mol. The Hall–Kier alpha value is -0.970. The third-order valence-corrected chi connectivity index (χ3v) is 5.33. The Balaban J connectivity index is 2.23. The van der Waals surface area contributed by atoms with Gasteiger partial charge in [0.2, 0.25) is 0 Å². The molecule has 0 saturated carbocycles. The number of benzene rings is 1. The molecule has 18 heavy (non-hydrogen) atoms. The maximum absolute atomic E-state index is 5.92. The fraction of sp³-hybridized carbons (Fsp3) is 0.286. The summed E-state index contributed by atoms with van der Waals surface area (Å²) in [7, 11) is 1.70. The molecule has 0 saturated heterocycles. The van der Waals surface area contributed by atoms with Crippen LogP contribution < -0.4 is 10.5 Å². The van der Waals surface area contributed by atoms with Gasteiger partial charge in [0.1, 0.15) is 5.75 Å². The third-order valence-electron chi connectivity index (χ3n) is 2.75. The minimum atomic E-state index is 0.293. The fourth-order valence-corrected chi connectivity index (χ4v) is 4.14. The highest BCUT2D eigenvalue weighted by atomic mass is 32.2. The molecule has 2 rings (SSSR count). The number of hydrogen-bond donors (Lipinski definition) is 1. The summed E-state index contributed by atoms with van der Waals surface area (Å²) in [6, 6.07) is 10.2. The van der Waals surface area contributed by atoms with Gasteiger partial charge in [-0.2, -0.15) is 0 Å². The van der Waals surface area contributed by atoms with Gasteiger partial charge in [-0.15, -0.1) is 23.1 Å². The summed E-state index contributed by atoms with van der Waals surface area (Å²) in [6.45, 7) is 2.77. The maximum atomic E-state index is 5.92. The monoisotopic (exact) mass is 279 g/mol. The Morgan fingerprint density at radius 3 is 2.72 bits per heavy atom. The van der Waals surface area contributed by atoms with Crippen LogP contribution in [0.1, 0.15) is 15.7 Å². The van der Waals surface area contributed by atoms with Crippen molar-refractivity contribution in [2.24, 2.45) is 5.73 Å². The lowest BCUT2D eigenvalue weighted by molar-refractivity contribution is 0.404. The molecule has 0 radical (unpaired) electrons. The zero-order valence-corrected chi connectivity index (χ0v) is 12.2. The molecule has 1 heterocycles. The largest absolute Gasteiger partial charge is 0.496 e. The van der Waals surface area contributed by atoms with Gasteiger partial charge in [-0.3, -0.25) is 0 Å². The smallest absolute Gasteiger partial charge is 0.132 e. The van der Waals surface area contributed by atoms with Crippen LogP contribution >= 0.6 is 23.1 Å². The first kappa shape index (κ1) is 13.5. The summed E-state index contributed by atoms with van der Waals surface area (Å²) in [5.74, 6) is 0.912. The molecule has 1 unspecified atom stereocenters. The van der Waals surface area contributed by atoms with Crippen molar-refractivity contribution < 1.29 is 4.74 Å². The average Bonchev–Trinajstić information content (AvgIpc) is 2.82. The normalized spacial score (nSPS) is 12.4. The topological polar surface area (TPSA) is 35.2 Å². The molecule has 1 atom stereocenters. The number of para-hydroxylation sites is 1. The second-order valence-corrected chi connectivity index (χ2v) is 6.15. The predicted octanol–water partition coefficient (Wildman–Crippen LogP) is 3.86. The van der Waals surface area contributed by atoms with Crippen LogP contribution in [0, 0.1) is 6.92 Å². The first-order valence-corrected chi connectivity index (χ1v) is 7.56. The Morgan fingerprint density at radius 2 is 2.11 bits per heavy atom. The van der Waals surface area contributed by atoms with Crippen LogP contribution in [-0.2, 0) is 0 Å². The third kappa shape index (κ3) is 2.88. The number of methoxy groups -OCH3 is 1. The van der Waals surface area contributed by atoms with Gasteiger partial charge in [-0.25, -0.2) is 0 Å². The van der Waals surface area contributed by atoms with E-state index in [4.69, 9.17) is 10.5 Å². The van der Waals surface area contributed by atoms with E-state index >= 15 is 0 Å². The first-order valence-electron chi connectivity index (χ1n) is 5.80.